The molecule has 0 aliphatic rings. The number of hydrogen-bond donors (Lipinski definition) is 0. The summed E-state index contributed by atoms with van der Waals surface area (Å²) in [6.07, 6.45) is -0.582. The fourth-order valence-electron chi connectivity index (χ4n) is 2.18. The molecule has 0 spiro atoms. The topological polar surface area (TPSA) is 42.7 Å². The third-order valence-electron chi connectivity index (χ3n) is 3.35. The first-order chi connectivity index (χ1) is 10.4. The molecule has 5 heteroatoms. The molecule has 2 rings (SSSR count). The average molecular weight is 322 g/mol. The number of amides is 1. The van der Waals surface area contributed by atoms with E-state index in [1.54, 1.807) is 31.0 Å². The van der Waals surface area contributed by atoms with Crippen LogP contribution in [0.5, 0.6) is 5.75 Å². The van der Waals surface area contributed by atoms with E-state index in [4.69, 9.17) is 20.8 Å². The van der Waals surface area contributed by atoms with Gasteiger partial charge in [-0.25, -0.2) is 0 Å². The molecule has 22 heavy (non-hydrogen) atoms. The van der Waals surface area contributed by atoms with Crippen molar-refractivity contribution >= 4 is 17.5 Å². The van der Waals surface area contributed by atoms with Crippen molar-refractivity contribution in [2.24, 2.45) is 0 Å². The molecule has 1 aromatic heterocycles. The number of carbonyl (C=O) groups excluding carboxylic acids is 1. The van der Waals surface area contributed by atoms with Gasteiger partial charge in [-0.2, -0.15) is 0 Å². The van der Waals surface area contributed by atoms with Gasteiger partial charge < -0.3 is 14.1 Å². The Morgan fingerprint density at radius 2 is 2.05 bits per heavy atom. The van der Waals surface area contributed by atoms with Gasteiger partial charge in [0.25, 0.3) is 5.91 Å². The van der Waals surface area contributed by atoms with Gasteiger partial charge in [-0.1, -0.05) is 11.6 Å². The lowest BCUT2D eigenvalue weighted by atomic mass is 10.2. The van der Waals surface area contributed by atoms with Crippen LogP contribution in [0.25, 0.3) is 0 Å². The predicted octanol–water partition coefficient (Wildman–Crippen LogP) is 3.98. The number of furan rings is 1. The highest BCUT2D eigenvalue weighted by molar-refractivity contribution is 6.30. The summed E-state index contributed by atoms with van der Waals surface area (Å²) >= 11 is 5.92. The summed E-state index contributed by atoms with van der Waals surface area (Å²) in [6.45, 7) is 5.92. The van der Waals surface area contributed by atoms with E-state index in [9.17, 15) is 4.79 Å². The number of likely N-dealkylation sites (N-methyl/N-ethyl adjacent to an activating group) is 1. The maximum Gasteiger partial charge on any atom is 0.263 e. The molecular weight excluding hydrogens is 302 g/mol. The molecule has 0 N–H and O–H groups in total. The molecule has 0 saturated carbocycles. The van der Waals surface area contributed by atoms with Crippen molar-refractivity contribution in [3.8, 4) is 5.75 Å². The van der Waals surface area contributed by atoms with Crippen LogP contribution in [0.1, 0.15) is 24.0 Å². The summed E-state index contributed by atoms with van der Waals surface area (Å²) in [5, 5.41) is 0.647. The smallest absolute Gasteiger partial charge is 0.263 e. The number of aryl methyl sites for hydroxylation is 2. The van der Waals surface area contributed by atoms with Crippen LogP contribution in [0.2, 0.25) is 5.02 Å². The fourth-order valence-corrected chi connectivity index (χ4v) is 2.40. The van der Waals surface area contributed by atoms with Gasteiger partial charge in [-0.05, 0) is 56.7 Å². The molecule has 0 aliphatic carbocycles. The minimum Gasteiger partial charge on any atom is -0.481 e. The van der Waals surface area contributed by atoms with Gasteiger partial charge in [0.15, 0.2) is 6.10 Å². The highest BCUT2D eigenvalue weighted by atomic mass is 35.5. The van der Waals surface area contributed by atoms with E-state index in [-0.39, 0.29) is 5.91 Å². The Morgan fingerprint density at radius 1 is 1.32 bits per heavy atom. The van der Waals surface area contributed by atoms with E-state index in [0.717, 1.165) is 17.1 Å². The van der Waals surface area contributed by atoms with Crippen molar-refractivity contribution in [1.82, 2.24) is 4.90 Å². The number of ether oxygens (including phenoxy) is 1. The zero-order chi connectivity index (χ0) is 16.3. The van der Waals surface area contributed by atoms with Gasteiger partial charge in [0, 0.05) is 12.1 Å². The first-order valence-corrected chi connectivity index (χ1v) is 7.47. The van der Waals surface area contributed by atoms with E-state index in [1.165, 1.54) is 0 Å². The lowest BCUT2D eigenvalue weighted by Crippen LogP contribution is -2.37. The standard InChI is InChI=1S/C17H20ClNO3/c1-11-9-14(18)6-8-16(11)22-13(3)17(20)19(4)10-15-7-5-12(2)21-15/h5-9,13H,10H2,1-4H3/t13-/m1/s1. The van der Waals surface area contributed by atoms with Crippen molar-refractivity contribution < 1.29 is 13.9 Å². The van der Waals surface area contributed by atoms with E-state index in [0.29, 0.717) is 17.3 Å². The van der Waals surface area contributed by atoms with E-state index >= 15 is 0 Å². The van der Waals surface area contributed by atoms with Gasteiger partial charge >= 0.3 is 0 Å². The van der Waals surface area contributed by atoms with Crippen LogP contribution in [0, 0.1) is 13.8 Å². The third-order valence-corrected chi connectivity index (χ3v) is 3.59. The van der Waals surface area contributed by atoms with Crippen LogP contribution < -0.4 is 4.74 Å². The SMILES string of the molecule is Cc1ccc(CN(C)C(=O)[C@@H](C)Oc2ccc(Cl)cc2C)o1. The minimum atomic E-state index is -0.582. The van der Waals surface area contributed by atoms with Gasteiger partial charge in [0.1, 0.15) is 17.3 Å². The second-order valence-corrected chi connectivity index (χ2v) is 5.81. The minimum absolute atomic E-state index is 0.108. The first-order valence-electron chi connectivity index (χ1n) is 7.10. The second kappa shape index (κ2) is 6.88. The Bertz CT molecular complexity index is 666. The maximum absolute atomic E-state index is 12.4. The number of carbonyl (C=O) groups is 1. The molecule has 118 valence electrons. The van der Waals surface area contributed by atoms with Crippen LogP contribution >= 0.6 is 11.6 Å². The average Bonchev–Trinajstić information content (AvgIpc) is 2.86. The van der Waals surface area contributed by atoms with E-state index in [1.807, 2.05) is 32.0 Å². The van der Waals surface area contributed by atoms with Gasteiger partial charge in [-0.3, -0.25) is 4.79 Å². The zero-order valence-electron chi connectivity index (χ0n) is 13.2. The summed E-state index contributed by atoms with van der Waals surface area (Å²) in [5.74, 6) is 2.14. The number of halogens is 1. The number of benzene rings is 1. The van der Waals surface area contributed by atoms with E-state index in [2.05, 4.69) is 0 Å². The van der Waals surface area contributed by atoms with Crippen LogP contribution in [-0.4, -0.2) is 24.0 Å². The Kier molecular flexibility index (Phi) is 5.14. The molecule has 1 atom stereocenters. The summed E-state index contributed by atoms with van der Waals surface area (Å²) in [5.41, 5.74) is 0.900. The maximum atomic E-state index is 12.4. The van der Waals surface area contributed by atoms with Crippen LogP contribution in [-0.2, 0) is 11.3 Å². The van der Waals surface area contributed by atoms with Crippen LogP contribution in [0.15, 0.2) is 34.7 Å². The molecule has 1 heterocycles. The van der Waals surface area contributed by atoms with Gasteiger partial charge in [-0.15, -0.1) is 0 Å². The zero-order valence-corrected chi connectivity index (χ0v) is 14.0. The highest BCUT2D eigenvalue weighted by Gasteiger charge is 2.20. The van der Waals surface area contributed by atoms with Crippen LogP contribution in [0.4, 0.5) is 0 Å². The normalized spacial score (nSPS) is 12.0. The van der Waals surface area contributed by atoms with E-state index < -0.39 is 6.10 Å². The van der Waals surface area contributed by atoms with Crippen molar-refractivity contribution in [2.75, 3.05) is 7.05 Å². The molecule has 0 unspecified atom stereocenters. The fraction of sp³-hybridized carbons (Fsp3) is 0.353. The monoisotopic (exact) mass is 321 g/mol. The highest BCUT2D eigenvalue weighted by Crippen LogP contribution is 2.23. The number of rotatable bonds is 5. The molecule has 1 aromatic carbocycles. The molecule has 0 radical (unpaired) electrons. The van der Waals surface area contributed by atoms with Gasteiger partial charge in [0.05, 0.1) is 6.54 Å². The van der Waals surface area contributed by atoms with Crippen LogP contribution in [0.3, 0.4) is 0 Å². The largest absolute Gasteiger partial charge is 0.481 e. The summed E-state index contributed by atoms with van der Waals surface area (Å²) < 4.78 is 11.2. The molecular formula is C17H20ClNO3. The quantitative estimate of drug-likeness (QED) is 0.836. The Balaban J connectivity index is 1.98. The summed E-state index contributed by atoms with van der Waals surface area (Å²) in [6, 6.07) is 9.08. The Hall–Kier alpha value is -1.94. The lowest BCUT2D eigenvalue weighted by Gasteiger charge is -2.22. The number of hydrogen-bond acceptors (Lipinski definition) is 3. The summed E-state index contributed by atoms with van der Waals surface area (Å²) in [4.78, 5) is 14.0. The molecule has 1 amide bonds. The molecule has 0 saturated heterocycles. The van der Waals surface area contributed by atoms with Crippen molar-refractivity contribution in [1.29, 1.82) is 0 Å². The molecule has 0 fully saturated rings. The molecule has 0 bridgehead atoms. The molecule has 4 nitrogen and oxygen atoms in total. The Labute approximate surface area is 135 Å². The second-order valence-electron chi connectivity index (χ2n) is 5.38. The number of nitrogens with zero attached hydrogens (tertiary/aromatic N) is 1. The summed E-state index contributed by atoms with van der Waals surface area (Å²) in [7, 11) is 1.73. The Morgan fingerprint density at radius 3 is 2.64 bits per heavy atom. The first kappa shape index (κ1) is 16.4. The molecule has 0 aliphatic heterocycles. The lowest BCUT2D eigenvalue weighted by molar-refractivity contribution is -0.137. The third kappa shape index (κ3) is 4.04. The van der Waals surface area contributed by atoms with Crippen molar-refractivity contribution in [2.45, 2.75) is 33.4 Å². The van der Waals surface area contributed by atoms with Crippen molar-refractivity contribution in [3.63, 3.8) is 0 Å². The van der Waals surface area contributed by atoms with Crippen molar-refractivity contribution in [3.05, 3.63) is 52.4 Å². The predicted molar refractivity (Wildman–Crippen MR) is 86.2 cm³/mol. The van der Waals surface area contributed by atoms with Gasteiger partial charge in [0.2, 0.25) is 0 Å². The molecule has 2 aromatic rings.